The number of hydrogen-bond donors (Lipinski definition) is 0. The minimum atomic E-state index is -0.593. The van der Waals surface area contributed by atoms with E-state index in [0.717, 1.165) is 35.5 Å². The van der Waals surface area contributed by atoms with Crippen LogP contribution in [0.1, 0.15) is 60.2 Å². The standard InChI is InChI=1S/C34H34FN5O5/c1-34(2,3)45-33(41)23-9-10-29-30(16-23)40(18-26-12-14-42-26)31(37-29)19-39-13-11-25(21-44-39)28-5-4-6-32(38-28)43-20-24-8-7-22(17-36)15-27(24)35/h4-11,15-16,26H,12-14,18-21H2,1-3H3/t26-/m0/s1. The van der Waals surface area contributed by atoms with Crippen molar-refractivity contribution in [2.75, 3.05) is 19.8 Å². The Balaban J connectivity index is 1.15. The second-order valence-electron chi connectivity index (χ2n) is 12.0. The van der Waals surface area contributed by atoms with Crippen LogP contribution in [0.5, 0.6) is 5.88 Å². The molecule has 232 valence electrons. The molecule has 2 aromatic carbocycles. The molecule has 6 rings (SSSR count). The summed E-state index contributed by atoms with van der Waals surface area (Å²) in [5, 5.41) is 10.8. The molecule has 0 aliphatic carbocycles. The number of carbonyl (C=O) groups is 1. The smallest absolute Gasteiger partial charge is 0.338 e. The normalized spacial score (nSPS) is 17.0. The molecule has 2 aliphatic rings. The van der Waals surface area contributed by atoms with Crippen LogP contribution >= 0.6 is 0 Å². The topological polar surface area (TPSA) is 112 Å². The maximum absolute atomic E-state index is 14.3. The summed E-state index contributed by atoms with van der Waals surface area (Å²) in [5.74, 6) is 0.297. The largest absolute Gasteiger partial charge is 0.473 e. The number of nitriles is 1. The summed E-state index contributed by atoms with van der Waals surface area (Å²) < 4.78 is 33.4. The lowest BCUT2D eigenvalue weighted by molar-refractivity contribution is -0.152. The second kappa shape index (κ2) is 12.8. The van der Waals surface area contributed by atoms with Gasteiger partial charge in [-0.05, 0) is 63.6 Å². The van der Waals surface area contributed by atoms with Gasteiger partial charge in [-0.15, -0.1) is 0 Å². The highest BCUT2D eigenvalue weighted by atomic mass is 19.1. The van der Waals surface area contributed by atoms with E-state index < -0.39 is 11.4 Å². The molecule has 0 saturated carbocycles. The van der Waals surface area contributed by atoms with E-state index >= 15 is 0 Å². The van der Waals surface area contributed by atoms with Crippen LogP contribution < -0.4 is 4.74 Å². The van der Waals surface area contributed by atoms with Crippen molar-refractivity contribution in [3.63, 3.8) is 0 Å². The van der Waals surface area contributed by atoms with Crippen molar-refractivity contribution in [3.8, 4) is 11.9 Å². The van der Waals surface area contributed by atoms with Crippen molar-refractivity contribution in [3.05, 3.63) is 94.7 Å². The number of hydroxylamine groups is 2. The zero-order valence-corrected chi connectivity index (χ0v) is 25.5. The predicted octanol–water partition coefficient (Wildman–Crippen LogP) is 5.60. The minimum Gasteiger partial charge on any atom is -0.473 e. The summed E-state index contributed by atoms with van der Waals surface area (Å²) in [6.45, 7) is 8.14. The Bertz CT molecular complexity index is 1800. The third-order valence-electron chi connectivity index (χ3n) is 7.51. The lowest BCUT2D eigenvalue weighted by Gasteiger charge is -2.29. The maximum Gasteiger partial charge on any atom is 0.338 e. The Morgan fingerprint density at radius 3 is 2.69 bits per heavy atom. The van der Waals surface area contributed by atoms with Gasteiger partial charge in [0, 0.05) is 30.4 Å². The molecular formula is C34H34FN5O5. The monoisotopic (exact) mass is 611 g/mol. The molecule has 4 heterocycles. The van der Waals surface area contributed by atoms with E-state index in [2.05, 4.69) is 15.6 Å². The van der Waals surface area contributed by atoms with Crippen molar-refractivity contribution >= 4 is 22.6 Å². The summed E-state index contributed by atoms with van der Waals surface area (Å²) in [6, 6.07) is 17.1. The number of esters is 1. The quantitative estimate of drug-likeness (QED) is 0.223. The van der Waals surface area contributed by atoms with E-state index in [1.54, 1.807) is 18.2 Å². The number of rotatable bonds is 9. The molecule has 10 nitrogen and oxygen atoms in total. The molecule has 1 fully saturated rings. The zero-order chi connectivity index (χ0) is 31.6. The number of halogens is 1. The maximum atomic E-state index is 14.3. The molecule has 0 radical (unpaired) electrons. The number of nitrogens with zero attached hydrogens (tertiary/aromatic N) is 5. The molecule has 2 aliphatic heterocycles. The highest BCUT2D eigenvalue weighted by molar-refractivity contribution is 5.94. The predicted molar refractivity (Wildman–Crippen MR) is 163 cm³/mol. The first-order chi connectivity index (χ1) is 21.6. The van der Waals surface area contributed by atoms with Gasteiger partial charge in [-0.1, -0.05) is 18.2 Å². The summed E-state index contributed by atoms with van der Waals surface area (Å²) in [5.41, 5.74) is 3.72. The van der Waals surface area contributed by atoms with Gasteiger partial charge in [0.2, 0.25) is 5.88 Å². The van der Waals surface area contributed by atoms with Crippen LogP contribution in [0.3, 0.4) is 0 Å². The van der Waals surface area contributed by atoms with E-state index in [1.165, 1.54) is 12.1 Å². The van der Waals surface area contributed by atoms with Crippen molar-refractivity contribution in [1.82, 2.24) is 19.6 Å². The molecular weight excluding hydrogens is 577 g/mol. The third-order valence-corrected chi connectivity index (χ3v) is 7.51. The molecule has 45 heavy (non-hydrogen) atoms. The van der Waals surface area contributed by atoms with Gasteiger partial charge in [0.25, 0.3) is 0 Å². The Morgan fingerprint density at radius 2 is 2.00 bits per heavy atom. The van der Waals surface area contributed by atoms with Gasteiger partial charge in [-0.25, -0.2) is 19.2 Å². The van der Waals surface area contributed by atoms with Crippen molar-refractivity contribution in [2.45, 2.75) is 58.6 Å². The summed E-state index contributed by atoms with van der Waals surface area (Å²) >= 11 is 0. The number of benzene rings is 2. The number of imidazole rings is 1. The summed E-state index contributed by atoms with van der Waals surface area (Å²) in [4.78, 5) is 28.4. The van der Waals surface area contributed by atoms with Crippen LogP contribution in [-0.4, -0.2) is 57.0 Å². The van der Waals surface area contributed by atoms with Crippen LogP contribution in [-0.2, 0) is 34.0 Å². The van der Waals surface area contributed by atoms with Gasteiger partial charge in [-0.2, -0.15) is 10.3 Å². The lowest BCUT2D eigenvalue weighted by Crippen LogP contribution is -2.33. The highest BCUT2D eigenvalue weighted by Crippen LogP contribution is 2.26. The zero-order valence-electron chi connectivity index (χ0n) is 25.5. The Morgan fingerprint density at radius 1 is 1.16 bits per heavy atom. The number of fused-ring (bicyclic) bond motifs is 1. The number of ether oxygens (including phenoxy) is 3. The average Bonchev–Trinajstić information content (AvgIpc) is 3.33. The van der Waals surface area contributed by atoms with Gasteiger partial charge in [0.1, 0.15) is 23.8 Å². The van der Waals surface area contributed by atoms with Crippen molar-refractivity contribution in [2.24, 2.45) is 0 Å². The molecule has 0 spiro atoms. The number of carbonyl (C=O) groups excluding carboxylic acids is 1. The Kier molecular flexibility index (Phi) is 8.63. The van der Waals surface area contributed by atoms with E-state index in [9.17, 15) is 9.18 Å². The van der Waals surface area contributed by atoms with E-state index in [1.807, 2.05) is 56.2 Å². The number of aromatic nitrogens is 3. The van der Waals surface area contributed by atoms with Gasteiger partial charge < -0.3 is 18.8 Å². The third kappa shape index (κ3) is 7.20. The number of pyridine rings is 1. The van der Waals surface area contributed by atoms with Crippen molar-refractivity contribution < 1.29 is 28.2 Å². The summed E-state index contributed by atoms with van der Waals surface area (Å²) in [6.07, 6.45) is 3.11. The average molecular weight is 612 g/mol. The van der Waals surface area contributed by atoms with Gasteiger partial charge in [0.15, 0.2) is 0 Å². The first kappa shape index (κ1) is 30.4. The van der Waals surface area contributed by atoms with E-state index in [4.69, 9.17) is 29.3 Å². The van der Waals surface area contributed by atoms with Crippen LogP contribution in [0.15, 0.2) is 60.7 Å². The van der Waals surface area contributed by atoms with Gasteiger partial charge in [0.05, 0.1) is 59.7 Å². The second-order valence-corrected chi connectivity index (χ2v) is 12.0. The molecule has 11 heteroatoms. The van der Waals surface area contributed by atoms with E-state index in [0.29, 0.717) is 48.9 Å². The molecule has 2 aromatic heterocycles. The SMILES string of the molecule is CC(C)(C)OC(=O)c1ccc2nc(CN3CC=C(c4cccc(OCc5ccc(C#N)cc5F)n4)CO3)n(C[C@@H]3CCO3)c2c1. The molecule has 4 aromatic rings. The molecule has 1 saturated heterocycles. The molecule has 0 bridgehead atoms. The lowest BCUT2D eigenvalue weighted by atomic mass is 10.1. The van der Waals surface area contributed by atoms with Crippen LogP contribution in [0.2, 0.25) is 0 Å². The Hall–Kier alpha value is -4.63. The molecule has 0 unspecified atom stereocenters. The van der Waals surface area contributed by atoms with Crippen LogP contribution in [0.25, 0.3) is 16.6 Å². The van der Waals surface area contributed by atoms with Crippen molar-refractivity contribution in [1.29, 1.82) is 5.26 Å². The fourth-order valence-corrected chi connectivity index (χ4v) is 5.08. The van der Waals surface area contributed by atoms with Crippen LogP contribution in [0, 0.1) is 17.1 Å². The fraction of sp³-hybridized carbons (Fsp3) is 0.353. The van der Waals surface area contributed by atoms with Gasteiger partial charge >= 0.3 is 5.97 Å². The minimum absolute atomic E-state index is 0.0104. The summed E-state index contributed by atoms with van der Waals surface area (Å²) in [7, 11) is 0. The Labute approximate surface area is 260 Å². The highest BCUT2D eigenvalue weighted by Gasteiger charge is 2.25. The molecule has 0 N–H and O–H groups in total. The van der Waals surface area contributed by atoms with Crippen LogP contribution in [0.4, 0.5) is 4.39 Å². The first-order valence-electron chi connectivity index (χ1n) is 14.8. The number of hydrogen-bond acceptors (Lipinski definition) is 9. The van der Waals surface area contributed by atoms with E-state index in [-0.39, 0.29) is 24.2 Å². The first-order valence-corrected chi connectivity index (χ1v) is 14.8. The van der Waals surface area contributed by atoms with Gasteiger partial charge in [-0.3, -0.25) is 4.84 Å². The molecule has 1 atom stereocenters. The fourth-order valence-electron chi connectivity index (χ4n) is 5.08. The molecule has 0 amide bonds.